The number of aromatic nitrogens is 2. The van der Waals surface area contributed by atoms with Crippen LogP contribution in [0.15, 0.2) is 29.0 Å². The predicted molar refractivity (Wildman–Crippen MR) is 88.0 cm³/mol. The molecule has 1 heterocycles. The Morgan fingerprint density at radius 1 is 1.25 bits per heavy atom. The molecule has 0 spiro atoms. The Morgan fingerprint density at radius 3 is 2.65 bits per heavy atom. The predicted octanol–water partition coefficient (Wildman–Crippen LogP) is 4.63. The Bertz CT molecular complexity index is 604. The van der Waals surface area contributed by atoms with Gasteiger partial charge in [-0.1, -0.05) is 24.9 Å². The highest BCUT2D eigenvalue weighted by Crippen LogP contribution is 2.29. The van der Waals surface area contributed by atoms with Crippen molar-refractivity contribution < 1.29 is 0 Å². The fraction of sp³-hybridized carbons (Fsp3) is 0.286. The van der Waals surface area contributed by atoms with Crippen LogP contribution < -0.4 is 10.6 Å². The molecule has 0 unspecified atom stereocenters. The number of halogens is 2. The molecule has 1 aromatic carbocycles. The fourth-order valence-corrected chi connectivity index (χ4v) is 2.43. The third-order valence-corrected chi connectivity index (χ3v) is 4.08. The molecule has 20 heavy (non-hydrogen) atoms. The number of nitrogens with one attached hydrogen (secondary N) is 2. The summed E-state index contributed by atoms with van der Waals surface area (Å²) in [4.78, 5) is 8.60. The molecule has 0 saturated heterocycles. The van der Waals surface area contributed by atoms with Crippen molar-refractivity contribution >= 4 is 44.9 Å². The zero-order valence-electron chi connectivity index (χ0n) is 11.4. The van der Waals surface area contributed by atoms with Crippen molar-refractivity contribution in [3.63, 3.8) is 0 Å². The van der Waals surface area contributed by atoms with E-state index in [1.165, 1.54) is 0 Å². The second kappa shape index (κ2) is 6.90. The van der Waals surface area contributed by atoms with E-state index in [9.17, 15) is 0 Å². The molecule has 0 atom stereocenters. The van der Waals surface area contributed by atoms with Gasteiger partial charge in [-0.2, -0.15) is 0 Å². The lowest BCUT2D eigenvalue weighted by molar-refractivity contribution is 0.905. The lowest BCUT2D eigenvalue weighted by Crippen LogP contribution is -2.05. The van der Waals surface area contributed by atoms with Crippen LogP contribution in [0.5, 0.6) is 0 Å². The highest BCUT2D eigenvalue weighted by Gasteiger charge is 2.10. The maximum absolute atomic E-state index is 6.00. The average Bonchev–Trinajstić information content (AvgIpc) is 2.45. The largest absolute Gasteiger partial charge is 0.373 e. The topological polar surface area (TPSA) is 49.8 Å². The van der Waals surface area contributed by atoms with Gasteiger partial charge < -0.3 is 10.6 Å². The molecule has 0 amide bonds. The van der Waals surface area contributed by atoms with Crippen LogP contribution in [-0.2, 0) is 6.42 Å². The first-order valence-corrected chi connectivity index (χ1v) is 7.56. The highest BCUT2D eigenvalue weighted by molar-refractivity contribution is 9.10. The van der Waals surface area contributed by atoms with Crippen molar-refractivity contribution in [2.45, 2.75) is 19.8 Å². The minimum atomic E-state index is 0.683. The minimum Gasteiger partial charge on any atom is -0.373 e. The number of benzene rings is 1. The zero-order chi connectivity index (χ0) is 14.5. The van der Waals surface area contributed by atoms with Crippen LogP contribution in [-0.4, -0.2) is 17.0 Å². The zero-order valence-corrected chi connectivity index (χ0v) is 13.7. The smallest absolute Gasteiger partial charge is 0.139 e. The van der Waals surface area contributed by atoms with Crippen LogP contribution in [0.4, 0.5) is 17.3 Å². The Morgan fingerprint density at radius 2 is 2.00 bits per heavy atom. The summed E-state index contributed by atoms with van der Waals surface area (Å²) in [5, 5.41) is 7.11. The first kappa shape index (κ1) is 15.1. The van der Waals surface area contributed by atoms with E-state index in [-0.39, 0.29) is 0 Å². The summed E-state index contributed by atoms with van der Waals surface area (Å²) in [5.74, 6) is 1.68. The fourth-order valence-electron chi connectivity index (χ4n) is 1.93. The van der Waals surface area contributed by atoms with Crippen LogP contribution in [0.25, 0.3) is 0 Å². The molecule has 0 fully saturated rings. The molecule has 0 aliphatic carbocycles. The summed E-state index contributed by atoms with van der Waals surface area (Å²) in [5.41, 5.74) is 2.02. The molecular weight excluding hydrogens is 340 g/mol. The third-order valence-electron chi connectivity index (χ3n) is 2.86. The van der Waals surface area contributed by atoms with E-state index < -0.39 is 0 Å². The van der Waals surface area contributed by atoms with E-state index in [2.05, 4.69) is 43.5 Å². The van der Waals surface area contributed by atoms with Crippen LogP contribution in [0.1, 0.15) is 18.9 Å². The van der Waals surface area contributed by atoms with Crippen LogP contribution in [0.3, 0.4) is 0 Å². The molecule has 4 nitrogen and oxygen atoms in total. The van der Waals surface area contributed by atoms with Crippen LogP contribution >= 0.6 is 27.5 Å². The monoisotopic (exact) mass is 354 g/mol. The van der Waals surface area contributed by atoms with E-state index >= 15 is 0 Å². The van der Waals surface area contributed by atoms with Crippen molar-refractivity contribution in [1.82, 2.24) is 9.97 Å². The molecule has 2 aromatic rings. The lowest BCUT2D eigenvalue weighted by atomic mass is 10.1. The Kier molecular flexibility index (Phi) is 5.20. The summed E-state index contributed by atoms with van der Waals surface area (Å²) >= 11 is 9.42. The summed E-state index contributed by atoms with van der Waals surface area (Å²) in [6, 6.07) is 5.69. The van der Waals surface area contributed by atoms with Gasteiger partial charge in [0.2, 0.25) is 0 Å². The van der Waals surface area contributed by atoms with E-state index in [0.29, 0.717) is 5.02 Å². The molecular formula is C14H16BrClN4. The summed E-state index contributed by atoms with van der Waals surface area (Å²) in [7, 11) is 1.87. The van der Waals surface area contributed by atoms with Gasteiger partial charge in [-0.15, -0.1) is 0 Å². The number of anilines is 3. The second-order valence-corrected chi connectivity index (χ2v) is 5.56. The van der Waals surface area contributed by atoms with Gasteiger partial charge in [0, 0.05) is 22.8 Å². The van der Waals surface area contributed by atoms with Gasteiger partial charge in [0.15, 0.2) is 0 Å². The number of nitrogens with zero attached hydrogens (tertiary/aromatic N) is 2. The van der Waals surface area contributed by atoms with E-state index in [1.54, 1.807) is 6.33 Å². The van der Waals surface area contributed by atoms with Crippen LogP contribution in [0, 0.1) is 0 Å². The number of hydrogen-bond donors (Lipinski definition) is 2. The standard InChI is InChI=1S/C14H16BrClN4/c1-3-4-10-13(17-2)18-8-19-14(10)20-9-5-6-12(16)11(15)7-9/h5-8H,3-4H2,1-2H3,(H2,17,18,19,20). The van der Waals surface area contributed by atoms with Crippen molar-refractivity contribution in [3.8, 4) is 0 Å². The molecule has 0 aliphatic heterocycles. The Balaban J connectivity index is 2.34. The first-order valence-electron chi connectivity index (χ1n) is 6.39. The van der Waals surface area contributed by atoms with E-state index in [1.807, 2.05) is 25.2 Å². The van der Waals surface area contributed by atoms with Crippen molar-refractivity contribution in [3.05, 3.63) is 39.6 Å². The lowest BCUT2D eigenvalue weighted by Gasteiger charge is -2.14. The van der Waals surface area contributed by atoms with Crippen molar-refractivity contribution in [2.24, 2.45) is 0 Å². The van der Waals surface area contributed by atoms with Crippen LogP contribution in [0.2, 0.25) is 5.02 Å². The van der Waals surface area contributed by atoms with Gasteiger partial charge in [0.25, 0.3) is 0 Å². The second-order valence-electron chi connectivity index (χ2n) is 4.30. The minimum absolute atomic E-state index is 0.683. The van der Waals surface area contributed by atoms with Gasteiger partial charge in [0.05, 0.1) is 5.02 Å². The molecule has 2 N–H and O–H groups in total. The normalized spacial score (nSPS) is 10.4. The van der Waals surface area contributed by atoms with E-state index in [0.717, 1.165) is 40.2 Å². The summed E-state index contributed by atoms with van der Waals surface area (Å²) < 4.78 is 0.851. The maximum Gasteiger partial charge on any atom is 0.139 e. The number of rotatable bonds is 5. The molecule has 0 radical (unpaired) electrons. The highest BCUT2D eigenvalue weighted by atomic mass is 79.9. The maximum atomic E-state index is 6.00. The third kappa shape index (κ3) is 3.41. The average molecular weight is 356 g/mol. The van der Waals surface area contributed by atoms with Gasteiger partial charge >= 0.3 is 0 Å². The van der Waals surface area contributed by atoms with Gasteiger partial charge in [-0.3, -0.25) is 0 Å². The van der Waals surface area contributed by atoms with Crippen molar-refractivity contribution in [1.29, 1.82) is 0 Å². The SMILES string of the molecule is CCCc1c(NC)ncnc1Nc1ccc(Cl)c(Br)c1. The van der Waals surface area contributed by atoms with Gasteiger partial charge in [-0.25, -0.2) is 9.97 Å². The Hall–Kier alpha value is -1.33. The molecule has 106 valence electrons. The Labute approximate surface area is 132 Å². The summed E-state index contributed by atoms with van der Waals surface area (Å²) in [6.45, 7) is 2.13. The quantitative estimate of drug-likeness (QED) is 0.821. The molecule has 0 bridgehead atoms. The van der Waals surface area contributed by atoms with Gasteiger partial charge in [-0.05, 0) is 40.5 Å². The first-order chi connectivity index (χ1) is 9.65. The molecule has 2 rings (SSSR count). The summed E-state index contributed by atoms with van der Waals surface area (Å²) in [6.07, 6.45) is 3.49. The molecule has 6 heteroatoms. The van der Waals surface area contributed by atoms with E-state index in [4.69, 9.17) is 11.6 Å². The molecule has 0 saturated carbocycles. The molecule has 0 aliphatic rings. The van der Waals surface area contributed by atoms with Crippen molar-refractivity contribution in [2.75, 3.05) is 17.7 Å². The molecule has 1 aromatic heterocycles. The van der Waals surface area contributed by atoms with Gasteiger partial charge in [0.1, 0.15) is 18.0 Å². The number of hydrogen-bond acceptors (Lipinski definition) is 4.